The summed E-state index contributed by atoms with van der Waals surface area (Å²) in [6, 6.07) is 87.9. The molecule has 5 nitrogen and oxygen atoms in total. The average molecular weight is 848 g/mol. The highest BCUT2D eigenvalue weighted by Crippen LogP contribution is 2.41. The van der Waals surface area contributed by atoms with Crippen molar-refractivity contribution in [3.8, 4) is 55.9 Å². The minimum atomic E-state index is 0.844. The topological polar surface area (TPSA) is 36.7 Å². The van der Waals surface area contributed by atoms with E-state index in [0.29, 0.717) is 0 Å². The van der Waals surface area contributed by atoms with Crippen molar-refractivity contribution in [3.05, 3.63) is 261 Å². The van der Waals surface area contributed by atoms with Crippen LogP contribution in [0.1, 0.15) is 5.69 Å². The second kappa shape index (κ2) is 17.8. The first-order valence-electron chi connectivity index (χ1n) is 22.3. The van der Waals surface area contributed by atoms with Crippen LogP contribution < -0.4 is 9.80 Å². The maximum absolute atomic E-state index is 5.17. The van der Waals surface area contributed by atoms with Gasteiger partial charge in [0.05, 0.1) is 11.4 Å². The van der Waals surface area contributed by atoms with E-state index in [9.17, 15) is 0 Å². The molecule has 3 aromatic heterocycles. The molecule has 0 bridgehead atoms. The third kappa shape index (κ3) is 8.02. The summed E-state index contributed by atoms with van der Waals surface area (Å²) in [6.45, 7) is 2.04. The standard InChI is InChI=1S/C61H45N5/c1-44-15-13-25-59(62-44)66(57-23-14-22-52(43-57)60-61(51-20-9-4-10-21-51)64-42-12-11-24-58(64)63-60)56-40-32-50(33-41-56)49-30-38-55(39-31-49)65(53-34-26-47(27-35-53)45-16-5-2-6-17-45)54-36-28-48(29-37-54)46-18-7-3-8-19-46/h2-43H,1H3. The summed E-state index contributed by atoms with van der Waals surface area (Å²) < 4.78 is 2.17. The van der Waals surface area contributed by atoms with Crippen LogP contribution in [-0.2, 0) is 0 Å². The van der Waals surface area contributed by atoms with E-state index < -0.39 is 0 Å². The molecule has 3 heterocycles. The van der Waals surface area contributed by atoms with Gasteiger partial charge >= 0.3 is 0 Å². The number of rotatable bonds is 11. The summed E-state index contributed by atoms with van der Waals surface area (Å²) in [7, 11) is 0. The number of anilines is 6. The van der Waals surface area contributed by atoms with E-state index in [1.165, 1.54) is 22.3 Å². The van der Waals surface area contributed by atoms with Crippen LogP contribution >= 0.6 is 0 Å². The predicted molar refractivity (Wildman–Crippen MR) is 274 cm³/mol. The highest BCUT2D eigenvalue weighted by atomic mass is 15.2. The number of fused-ring (bicyclic) bond motifs is 1. The van der Waals surface area contributed by atoms with Gasteiger partial charge in [-0.15, -0.1) is 0 Å². The average Bonchev–Trinajstić information content (AvgIpc) is 3.78. The molecule has 314 valence electrons. The van der Waals surface area contributed by atoms with E-state index in [-0.39, 0.29) is 0 Å². The quantitative estimate of drug-likeness (QED) is 0.130. The summed E-state index contributed by atoms with van der Waals surface area (Å²) in [6.07, 6.45) is 2.08. The van der Waals surface area contributed by atoms with Gasteiger partial charge in [-0.2, -0.15) is 0 Å². The molecule has 0 fully saturated rings. The zero-order valence-corrected chi connectivity index (χ0v) is 36.5. The Morgan fingerprint density at radius 2 is 0.742 bits per heavy atom. The minimum absolute atomic E-state index is 0.844. The van der Waals surface area contributed by atoms with Gasteiger partial charge in [0.25, 0.3) is 0 Å². The van der Waals surface area contributed by atoms with Gasteiger partial charge in [-0.1, -0.05) is 164 Å². The molecule has 0 aliphatic carbocycles. The summed E-state index contributed by atoms with van der Waals surface area (Å²) in [5.74, 6) is 0.844. The molecule has 0 saturated heterocycles. The van der Waals surface area contributed by atoms with Gasteiger partial charge < -0.3 is 4.90 Å². The van der Waals surface area contributed by atoms with Gasteiger partial charge in [0.15, 0.2) is 0 Å². The first kappa shape index (κ1) is 40.0. The molecule has 0 aliphatic heterocycles. The Morgan fingerprint density at radius 3 is 1.24 bits per heavy atom. The molecule has 0 aliphatic rings. The Hall–Kier alpha value is -8.80. The Bertz CT molecular complexity index is 3300. The number of imidazole rings is 1. The zero-order valence-electron chi connectivity index (χ0n) is 36.5. The van der Waals surface area contributed by atoms with Crippen LogP contribution in [0.15, 0.2) is 255 Å². The van der Waals surface area contributed by atoms with Gasteiger partial charge in [-0.05, 0) is 125 Å². The molecule has 0 unspecified atom stereocenters. The molecule has 0 spiro atoms. The Kier molecular flexibility index (Phi) is 10.8. The largest absolute Gasteiger partial charge is 0.311 e. The highest BCUT2D eigenvalue weighted by Gasteiger charge is 2.20. The van der Waals surface area contributed by atoms with E-state index in [4.69, 9.17) is 9.97 Å². The van der Waals surface area contributed by atoms with Crippen LogP contribution in [0.3, 0.4) is 0 Å². The lowest BCUT2D eigenvalue weighted by Crippen LogP contribution is -2.12. The zero-order chi connectivity index (χ0) is 44.2. The molecule has 5 heteroatoms. The number of hydrogen-bond donors (Lipinski definition) is 0. The summed E-state index contributed by atoms with van der Waals surface area (Å²) in [5.41, 5.74) is 18.3. The smallest absolute Gasteiger partial charge is 0.137 e. The van der Waals surface area contributed by atoms with Crippen molar-refractivity contribution in [2.75, 3.05) is 9.80 Å². The normalized spacial score (nSPS) is 11.1. The van der Waals surface area contributed by atoms with Crippen LogP contribution in [0.2, 0.25) is 0 Å². The Morgan fingerprint density at radius 1 is 0.318 bits per heavy atom. The fourth-order valence-electron chi connectivity index (χ4n) is 8.85. The number of aryl methyl sites for hydroxylation is 1. The van der Waals surface area contributed by atoms with Crippen molar-refractivity contribution in [1.82, 2.24) is 14.4 Å². The first-order chi connectivity index (χ1) is 32.6. The van der Waals surface area contributed by atoms with Crippen LogP contribution in [0.25, 0.3) is 61.5 Å². The van der Waals surface area contributed by atoms with Crippen molar-refractivity contribution < 1.29 is 0 Å². The summed E-state index contributed by atoms with van der Waals surface area (Å²) >= 11 is 0. The molecule has 0 radical (unpaired) electrons. The van der Waals surface area contributed by atoms with Gasteiger partial charge in [-0.3, -0.25) is 9.30 Å². The predicted octanol–water partition coefficient (Wildman–Crippen LogP) is 16.3. The molecular formula is C61H45N5. The minimum Gasteiger partial charge on any atom is -0.311 e. The van der Waals surface area contributed by atoms with Crippen LogP contribution in [-0.4, -0.2) is 14.4 Å². The van der Waals surface area contributed by atoms with Crippen LogP contribution in [0.4, 0.5) is 34.3 Å². The molecule has 0 N–H and O–H groups in total. The first-order valence-corrected chi connectivity index (χ1v) is 22.3. The lowest BCUT2D eigenvalue weighted by molar-refractivity contribution is 1.13. The van der Waals surface area contributed by atoms with Crippen LogP contribution in [0.5, 0.6) is 0 Å². The molecule has 0 saturated carbocycles. The van der Waals surface area contributed by atoms with Crippen molar-refractivity contribution in [3.63, 3.8) is 0 Å². The fourth-order valence-corrected chi connectivity index (χ4v) is 8.85. The Balaban J connectivity index is 0.927. The maximum atomic E-state index is 5.17. The van der Waals surface area contributed by atoms with E-state index in [2.05, 4.69) is 251 Å². The molecule has 11 rings (SSSR count). The number of nitrogens with zero attached hydrogens (tertiary/aromatic N) is 5. The molecular weight excluding hydrogens is 803 g/mol. The van der Waals surface area contributed by atoms with Gasteiger partial charge in [-0.25, -0.2) is 9.97 Å². The lowest BCUT2D eigenvalue weighted by Gasteiger charge is -2.26. The van der Waals surface area contributed by atoms with E-state index in [0.717, 1.165) is 79.2 Å². The molecule has 8 aromatic carbocycles. The van der Waals surface area contributed by atoms with Gasteiger partial charge in [0.1, 0.15) is 11.5 Å². The van der Waals surface area contributed by atoms with E-state index in [1.54, 1.807) is 0 Å². The number of aromatic nitrogens is 3. The van der Waals surface area contributed by atoms with Crippen molar-refractivity contribution >= 4 is 39.9 Å². The van der Waals surface area contributed by atoms with Gasteiger partial charge in [0.2, 0.25) is 0 Å². The Labute approximate surface area is 385 Å². The SMILES string of the molecule is Cc1cccc(N(c2ccc(-c3ccc(N(c4ccc(-c5ccccc5)cc4)c4ccc(-c5ccccc5)cc4)cc3)cc2)c2cccc(-c3nc4ccccn4c3-c3ccccc3)c2)n1. The second-order valence-corrected chi connectivity index (χ2v) is 16.4. The van der Waals surface area contributed by atoms with Crippen molar-refractivity contribution in [2.24, 2.45) is 0 Å². The highest BCUT2D eigenvalue weighted by molar-refractivity contribution is 5.86. The van der Waals surface area contributed by atoms with E-state index in [1.807, 2.05) is 25.1 Å². The fraction of sp³-hybridized carbons (Fsp3) is 0.0164. The molecule has 66 heavy (non-hydrogen) atoms. The summed E-state index contributed by atoms with van der Waals surface area (Å²) in [5, 5.41) is 0. The molecule has 0 amide bonds. The number of hydrogen-bond acceptors (Lipinski definition) is 4. The second-order valence-electron chi connectivity index (χ2n) is 16.4. The monoisotopic (exact) mass is 847 g/mol. The van der Waals surface area contributed by atoms with E-state index >= 15 is 0 Å². The summed E-state index contributed by atoms with van der Waals surface area (Å²) in [4.78, 5) is 14.8. The van der Waals surface area contributed by atoms with Gasteiger partial charge in [0, 0.05) is 51.5 Å². The third-order valence-corrected chi connectivity index (χ3v) is 12.1. The number of benzene rings is 8. The van der Waals surface area contributed by atoms with Crippen molar-refractivity contribution in [2.45, 2.75) is 6.92 Å². The maximum Gasteiger partial charge on any atom is 0.137 e. The van der Waals surface area contributed by atoms with Crippen molar-refractivity contribution in [1.29, 1.82) is 0 Å². The molecule has 0 atom stereocenters. The molecule has 11 aromatic rings. The van der Waals surface area contributed by atoms with Crippen LogP contribution in [0, 0.1) is 6.92 Å². The lowest BCUT2D eigenvalue weighted by atomic mass is 10.0. The third-order valence-electron chi connectivity index (χ3n) is 12.1. The number of pyridine rings is 2.